The van der Waals surface area contributed by atoms with E-state index in [2.05, 4.69) is 32.1 Å². The summed E-state index contributed by atoms with van der Waals surface area (Å²) >= 11 is 0. The Morgan fingerprint density at radius 1 is 1.07 bits per heavy atom. The van der Waals surface area contributed by atoms with Gasteiger partial charge in [-0.1, -0.05) is 72.3 Å². The third-order valence-corrected chi connectivity index (χ3v) is 5.50. The molecule has 3 rings (SSSR count). The molecule has 1 aliphatic carbocycles. The number of benzene rings is 2. The van der Waals surface area contributed by atoms with Gasteiger partial charge >= 0.3 is 5.97 Å². The zero-order valence-corrected chi connectivity index (χ0v) is 16.6. The van der Waals surface area contributed by atoms with Crippen LogP contribution in [0.4, 0.5) is 0 Å². The number of ketones is 1. The van der Waals surface area contributed by atoms with Crippen molar-refractivity contribution in [2.75, 3.05) is 6.61 Å². The van der Waals surface area contributed by atoms with E-state index in [1.54, 1.807) is 24.3 Å². The van der Waals surface area contributed by atoms with Gasteiger partial charge in [-0.25, -0.2) is 0 Å². The summed E-state index contributed by atoms with van der Waals surface area (Å²) in [6, 6.07) is 16.4. The molecule has 0 saturated carbocycles. The molecule has 0 unspecified atom stereocenters. The van der Waals surface area contributed by atoms with E-state index in [9.17, 15) is 9.59 Å². The maximum absolute atomic E-state index is 12.7. The number of hydrogen-bond acceptors (Lipinski definition) is 3. The second-order valence-corrected chi connectivity index (χ2v) is 7.59. The van der Waals surface area contributed by atoms with Crippen molar-refractivity contribution >= 4 is 11.8 Å². The van der Waals surface area contributed by atoms with Gasteiger partial charge in [0, 0.05) is 16.5 Å². The Bertz CT molecular complexity index is 924. The van der Waals surface area contributed by atoms with Crippen molar-refractivity contribution in [3.05, 3.63) is 95.1 Å². The minimum Gasteiger partial charge on any atom is -0.464 e. The minimum absolute atomic E-state index is 0.0522. The third kappa shape index (κ3) is 4.30. The Morgan fingerprint density at radius 2 is 1.79 bits per heavy atom. The molecule has 3 nitrogen and oxygen atoms in total. The Balaban J connectivity index is 1.70. The molecular weight excluding hydrogens is 348 g/mol. The van der Waals surface area contributed by atoms with Crippen LogP contribution in [0.1, 0.15) is 54.6 Å². The van der Waals surface area contributed by atoms with Crippen molar-refractivity contribution in [2.24, 2.45) is 5.41 Å². The van der Waals surface area contributed by atoms with Crippen LogP contribution >= 0.6 is 0 Å². The molecule has 0 N–H and O–H groups in total. The summed E-state index contributed by atoms with van der Waals surface area (Å²) in [5.41, 5.74) is 2.95. The van der Waals surface area contributed by atoms with Crippen LogP contribution in [-0.4, -0.2) is 18.4 Å². The normalized spacial score (nSPS) is 19.6. The van der Waals surface area contributed by atoms with Gasteiger partial charge in [-0.3, -0.25) is 9.59 Å². The molecule has 0 aliphatic heterocycles. The molecular formula is C25H26O3. The van der Waals surface area contributed by atoms with Crippen LogP contribution in [0, 0.1) is 5.41 Å². The highest BCUT2D eigenvalue weighted by atomic mass is 16.5. The predicted molar refractivity (Wildman–Crippen MR) is 111 cm³/mol. The van der Waals surface area contributed by atoms with E-state index >= 15 is 0 Å². The Labute approximate surface area is 166 Å². The molecule has 0 saturated heterocycles. The van der Waals surface area contributed by atoms with Crippen molar-refractivity contribution in [3.63, 3.8) is 0 Å². The fourth-order valence-electron chi connectivity index (χ4n) is 3.29. The van der Waals surface area contributed by atoms with E-state index in [-0.39, 0.29) is 17.2 Å². The summed E-state index contributed by atoms with van der Waals surface area (Å²) in [6.07, 6.45) is 7.30. The lowest BCUT2D eigenvalue weighted by atomic mass is 9.80. The zero-order chi connectivity index (χ0) is 20.1. The van der Waals surface area contributed by atoms with Gasteiger partial charge in [0.05, 0.1) is 5.92 Å². The van der Waals surface area contributed by atoms with Crippen LogP contribution in [-0.2, 0) is 9.53 Å². The summed E-state index contributed by atoms with van der Waals surface area (Å²) in [6.45, 7) is 6.28. The molecule has 0 radical (unpaired) electrons. The average Bonchev–Trinajstić information content (AvgIpc) is 2.74. The molecule has 0 fully saturated rings. The van der Waals surface area contributed by atoms with Crippen LogP contribution in [0.2, 0.25) is 0 Å². The van der Waals surface area contributed by atoms with Crippen molar-refractivity contribution in [1.29, 1.82) is 0 Å². The first kappa shape index (κ1) is 19.8. The number of esters is 1. The topological polar surface area (TPSA) is 43.4 Å². The Morgan fingerprint density at radius 3 is 2.50 bits per heavy atom. The monoisotopic (exact) mass is 374 g/mol. The van der Waals surface area contributed by atoms with Crippen LogP contribution < -0.4 is 0 Å². The van der Waals surface area contributed by atoms with Crippen molar-refractivity contribution < 1.29 is 14.3 Å². The maximum Gasteiger partial charge on any atom is 0.313 e. The van der Waals surface area contributed by atoms with Crippen molar-refractivity contribution in [1.82, 2.24) is 0 Å². The Hall–Kier alpha value is -2.94. The molecule has 0 bridgehead atoms. The lowest BCUT2D eigenvalue weighted by molar-refractivity contribution is -0.147. The SMILES string of the molecule is CC1=CCC=C[C@]1(C)COC(=O)[C@@H](C)c1cccc(C(=O)c2ccccc2)c1. The van der Waals surface area contributed by atoms with Crippen LogP contribution in [0.5, 0.6) is 0 Å². The molecule has 144 valence electrons. The van der Waals surface area contributed by atoms with Crippen LogP contribution in [0.25, 0.3) is 0 Å². The number of carbonyl (C=O) groups is 2. The first-order chi connectivity index (χ1) is 13.4. The summed E-state index contributed by atoms with van der Waals surface area (Å²) < 4.78 is 5.64. The average molecular weight is 374 g/mol. The van der Waals surface area contributed by atoms with Gasteiger partial charge < -0.3 is 4.74 Å². The van der Waals surface area contributed by atoms with E-state index in [1.807, 2.05) is 37.3 Å². The van der Waals surface area contributed by atoms with Crippen LogP contribution in [0.3, 0.4) is 0 Å². The summed E-state index contributed by atoms with van der Waals surface area (Å²) in [5.74, 6) is -0.773. The van der Waals surface area contributed by atoms with E-state index in [0.29, 0.717) is 17.7 Å². The molecule has 2 aromatic rings. The van der Waals surface area contributed by atoms with Gasteiger partial charge in [-0.15, -0.1) is 0 Å². The minimum atomic E-state index is -0.441. The fraction of sp³-hybridized carbons (Fsp3) is 0.280. The van der Waals surface area contributed by atoms with Gasteiger partial charge in [0.25, 0.3) is 0 Å². The highest BCUT2D eigenvalue weighted by Crippen LogP contribution is 2.33. The highest BCUT2D eigenvalue weighted by Gasteiger charge is 2.28. The third-order valence-electron chi connectivity index (χ3n) is 5.50. The molecule has 0 heterocycles. The van der Waals surface area contributed by atoms with Crippen LogP contribution in [0.15, 0.2) is 78.4 Å². The van der Waals surface area contributed by atoms with Crippen molar-refractivity contribution in [3.8, 4) is 0 Å². The lowest BCUT2D eigenvalue weighted by Crippen LogP contribution is -2.27. The fourth-order valence-corrected chi connectivity index (χ4v) is 3.29. The molecule has 0 spiro atoms. The quantitative estimate of drug-likeness (QED) is 0.382. The molecule has 0 aromatic heterocycles. The maximum atomic E-state index is 12.7. The first-order valence-corrected chi connectivity index (χ1v) is 9.62. The van der Waals surface area contributed by atoms with Gasteiger partial charge in [-0.05, 0) is 38.8 Å². The molecule has 2 atom stereocenters. The van der Waals surface area contributed by atoms with E-state index in [1.165, 1.54) is 5.57 Å². The summed E-state index contributed by atoms with van der Waals surface area (Å²) in [4.78, 5) is 25.3. The number of carbonyl (C=O) groups excluding carboxylic acids is 2. The molecule has 3 heteroatoms. The number of hydrogen-bond donors (Lipinski definition) is 0. The number of allylic oxidation sites excluding steroid dienone is 2. The van der Waals surface area contributed by atoms with E-state index in [0.717, 1.165) is 12.0 Å². The lowest BCUT2D eigenvalue weighted by Gasteiger charge is -2.29. The Kier molecular flexibility index (Phi) is 5.93. The smallest absolute Gasteiger partial charge is 0.313 e. The van der Waals surface area contributed by atoms with Crippen molar-refractivity contribution in [2.45, 2.75) is 33.1 Å². The number of ether oxygens (including phenoxy) is 1. The molecule has 1 aliphatic rings. The standard InChI is InChI=1S/C25H26O3/c1-18-10-7-8-15-25(18,3)17-28-24(27)19(2)21-13-9-14-22(16-21)23(26)20-11-5-4-6-12-20/h4-6,8-16,19H,7,17H2,1-3H3/t19-,25+/m0/s1. The second kappa shape index (κ2) is 8.39. The van der Waals surface area contributed by atoms with E-state index in [4.69, 9.17) is 4.74 Å². The van der Waals surface area contributed by atoms with Gasteiger partial charge in [0.2, 0.25) is 0 Å². The highest BCUT2D eigenvalue weighted by molar-refractivity contribution is 6.09. The molecule has 0 amide bonds. The van der Waals surface area contributed by atoms with E-state index < -0.39 is 5.92 Å². The number of rotatable bonds is 6. The van der Waals surface area contributed by atoms with Gasteiger partial charge in [0.15, 0.2) is 5.78 Å². The molecule has 28 heavy (non-hydrogen) atoms. The largest absolute Gasteiger partial charge is 0.464 e. The predicted octanol–water partition coefficient (Wildman–Crippen LogP) is 5.48. The first-order valence-electron chi connectivity index (χ1n) is 9.62. The van der Waals surface area contributed by atoms with Gasteiger partial charge in [-0.2, -0.15) is 0 Å². The van der Waals surface area contributed by atoms with Gasteiger partial charge in [0.1, 0.15) is 6.61 Å². The molecule has 2 aromatic carbocycles. The second-order valence-electron chi connectivity index (χ2n) is 7.59. The summed E-state index contributed by atoms with van der Waals surface area (Å²) in [7, 11) is 0. The zero-order valence-electron chi connectivity index (χ0n) is 16.6. The summed E-state index contributed by atoms with van der Waals surface area (Å²) in [5, 5.41) is 0.